The molecule has 0 unspecified atom stereocenters. The summed E-state index contributed by atoms with van der Waals surface area (Å²) in [4.78, 5) is 10.7. The van der Waals surface area contributed by atoms with Gasteiger partial charge in [-0.3, -0.25) is 4.79 Å². The molecule has 1 N–H and O–H groups in total. The molecular formula is C7H8O4. The molecule has 60 valence electrons. The summed E-state index contributed by atoms with van der Waals surface area (Å²) in [6, 6.07) is 0. The zero-order valence-electron chi connectivity index (χ0n) is 5.87. The molecule has 4 heteroatoms. The lowest BCUT2D eigenvalue weighted by atomic mass is 10.1. The Morgan fingerprint density at radius 2 is 2.36 bits per heavy atom. The normalized spacial score (nSPS) is 24.9. The highest BCUT2D eigenvalue weighted by atomic mass is 16.7. The smallest absolute Gasteiger partial charge is 0.317 e. The average molecular weight is 156 g/mol. The molecule has 0 aromatic carbocycles. The van der Waals surface area contributed by atoms with Crippen LogP contribution in [0.4, 0.5) is 0 Å². The highest BCUT2D eigenvalue weighted by molar-refractivity contribution is 5.81. The van der Waals surface area contributed by atoms with Crippen LogP contribution < -0.4 is 0 Å². The largest absolute Gasteiger partial charge is 0.480 e. The van der Waals surface area contributed by atoms with E-state index in [-0.39, 0.29) is 6.79 Å². The van der Waals surface area contributed by atoms with E-state index < -0.39 is 11.4 Å². The van der Waals surface area contributed by atoms with E-state index in [1.54, 1.807) is 0 Å². The van der Waals surface area contributed by atoms with E-state index in [0.717, 1.165) is 0 Å². The van der Waals surface area contributed by atoms with E-state index in [4.69, 9.17) is 14.6 Å². The van der Waals surface area contributed by atoms with Gasteiger partial charge >= 0.3 is 5.97 Å². The van der Waals surface area contributed by atoms with Crippen molar-refractivity contribution in [3.05, 3.63) is 12.0 Å². The second kappa shape index (κ2) is 1.90. The number of carboxylic acids is 1. The molecule has 0 amide bonds. The fourth-order valence-corrected chi connectivity index (χ4v) is 1.18. The number of carboxylic acid groups (broad SMARTS) is 1. The number of ether oxygens (including phenoxy) is 2. The molecule has 4 nitrogen and oxygen atoms in total. The third-order valence-corrected chi connectivity index (χ3v) is 2.10. The molecule has 1 saturated carbocycles. The molecule has 1 aliphatic heterocycles. The van der Waals surface area contributed by atoms with Crippen LogP contribution in [0.15, 0.2) is 12.0 Å². The van der Waals surface area contributed by atoms with Gasteiger partial charge in [-0.1, -0.05) is 0 Å². The highest BCUT2D eigenvalue weighted by Gasteiger charge is 2.56. The van der Waals surface area contributed by atoms with Crippen molar-refractivity contribution in [3.8, 4) is 0 Å². The van der Waals surface area contributed by atoms with Gasteiger partial charge in [0.1, 0.15) is 11.7 Å². The van der Waals surface area contributed by atoms with Crippen LogP contribution in [0.1, 0.15) is 12.8 Å². The second-order valence-corrected chi connectivity index (χ2v) is 2.80. The van der Waals surface area contributed by atoms with Gasteiger partial charge in [0.05, 0.1) is 0 Å². The Hall–Kier alpha value is -1.19. The van der Waals surface area contributed by atoms with Crippen LogP contribution in [0.5, 0.6) is 0 Å². The van der Waals surface area contributed by atoms with Gasteiger partial charge in [-0.2, -0.15) is 0 Å². The Morgan fingerprint density at radius 1 is 1.64 bits per heavy atom. The van der Waals surface area contributed by atoms with Crippen LogP contribution in [0.3, 0.4) is 0 Å². The summed E-state index contributed by atoms with van der Waals surface area (Å²) in [5, 5.41) is 8.79. The molecule has 0 aromatic rings. The van der Waals surface area contributed by atoms with Crippen molar-refractivity contribution >= 4 is 5.97 Å². The quantitative estimate of drug-likeness (QED) is 0.639. The SMILES string of the molecule is O=C(O)C1(C2=COCO2)CC1. The number of hydrogen-bond acceptors (Lipinski definition) is 3. The Balaban J connectivity index is 2.20. The van der Waals surface area contributed by atoms with Gasteiger partial charge in [0.15, 0.2) is 5.76 Å². The standard InChI is InChI=1S/C7H8O4/c8-6(9)7(1-2-7)5-3-10-4-11-5/h3H,1-2,4H2,(H,8,9). The minimum absolute atomic E-state index is 0.157. The number of hydrogen-bond donors (Lipinski definition) is 1. The van der Waals surface area contributed by atoms with E-state index in [0.29, 0.717) is 18.6 Å². The van der Waals surface area contributed by atoms with E-state index in [1.165, 1.54) is 6.26 Å². The summed E-state index contributed by atoms with van der Waals surface area (Å²) in [6.45, 7) is 0.157. The molecule has 0 aromatic heterocycles. The van der Waals surface area contributed by atoms with Crippen LogP contribution in [0, 0.1) is 5.41 Å². The van der Waals surface area contributed by atoms with Crippen LogP contribution in [-0.2, 0) is 14.3 Å². The highest BCUT2D eigenvalue weighted by Crippen LogP contribution is 2.53. The van der Waals surface area contributed by atoms with E-state index in [1.807, 2.05) is 0 Å². The monoisotopic (exact) mass is 156 g/mol. The third kappa shape index (κ3) is 0.785. The van der Waals surface area contributed by atoms with Gasteiger partial charge in [-0.05, 0) is 12.8 Å². The van der Waals surface area contributed by atoms with Gasteiger partial charge in [0.2, 0.25) is 6.79 Å². The van der Waals surface area contributed by atoms with Crippen molar-refractivity contribution in [3.63, 3.8) is 0 Å². The molecule has 0 spiro atoms. The van der Waals surface area contributed by atoms with Crippen molar-refractivity contribution in [2.75, 3.05) is 6.79 Å². The van der Waals surface area contributed by atoms with E-state index in [9.17, 15) is 4.79 Å². The molecule has 2 aliphatic rings. The summed E-state index contributed by atoms with van der Waals surface area (Å²) in [5.74, 6) is -0.334. The minimum Gasteiger partial charge on any atom is -0.480 e. The Kier molecular flexibility index (Phi) is 1.13. The maximum atomic E-state index is 10.7. The lowest BCUT2D eigenvalue weighted by Gasteiger charge is -2.07. The zero-order chi connectivity index (χ0) is 7.90. The Labute approximate surface area is 63.4 Å². The third-order valence-electron chi connectivity index (χ3n) is 2.10. The van der Waals surface area contributed by atoms with Gasteiger partial charge in [-0.25, -0.2) is 0 Å². The van der Waals surface area contributed by atoms with Gasteiger partial charge in [0, 0.05) is 0 Å². The zero-order valence-corrected chi connectivity index (χ0v) is 5.87. The maximum absolute atomic E-state index is 10.7. The van der Waals surface area contributed by atoms with Crippen molar-refractivity contribution in [2.45, 2.75) is 12.8 Å². The molecule has 0 bridgehead atoms. The van der Waals surface area contributed by atoms with E-state index in [2.05, 4.69) is 0 Å². The van der Waals surface area contributed by atoms with Gasteiger partial charge in [0.25, 0.3) is 0 Å². The maximum Gasteiger partial charge on any atom is 0.317 e. The second-order valence-electron chi connectivity index (χ2n) is 2.80. The van der Waals surface area contributed by atoms with Gasteiger partial charge < -0.3 is 14.6 Å². The van der Waals surface area contributed by atoms with Crippen molar-refractivity contribution in [1.29, 1.82) is 0 Å². The Morgan fingerprint density at radius 3 is 2.73 bits per heavy atom. The molecule has 11 heavy (non-hydrogen) atoms. The number of aliphatic carboxylic acids is 1. The summed E-state index contributed by atoms with van der Waals surface area (Å²) >= 11 is 0. The van der Waals surface area contributed by atoms with Crippen LogP contribution in [0.2, 0.25) is 0 Å². The molecule has 2 rings (SSSR count). The van der Waals surface area contributed by atoms with Crippen molar-refractivity contribution in [1.82, 2.24) is 0 Å². The summed E-state index contributed by atoms with van der Waals surface area (Å²) in [7, 11) is 0. The molecule has 1 fully saturated rings. The van der Waals surface area contributed by atoms with Crippen LogP contribution in [-0.4, -0.2) is 17.9 Å². The number of carbonyl (C=O) groups is 1. The van der Waals surface area contributed by atoms with Crippen LogP contribution >= 0.6 is 0 Å². The predicted molar refractivity (Wildman–Crippen MR) is 34.4 cm³/mol. The van der Waals surface area contributed by atoms with Gasteiger partial charge in [-0.15, -0.1) is 0 Å². The predicted octanol–water partition coefficient (Wildman–Crippen LogP) is 0.697. The average Bonchev–Trinajstić information content (AvgIpc) is 2.61. The molecular weight excluding hydrogens is 148 g/mol. The fourth-order valence-electron chi connectivity index (χ4n) is 1.18. The van der Waals surface area contributed by atoms with Crippen molar-refractivity contribution < 1.29 is 19.4 Å². The fraction of sp³-hybridized carbons (Fsp3) is 0.571. The summed E-state index contributed by atoms with van der Waals surface area (Å²) in [6.07, 6.45) is 2.73. The van der Waals surface area contributed by atoms with E-state index >= 15 is 0 Å². The summed E-state index contributed by atoms with van der Waals surface area (Å²) in [5.41, 5.74) is -0.740. The first kappa shape index (κ1) is 6.52. The lowest BCUT2D eigenvalue weighted by Crippen LogP contribution is -2.17. The molecule has 1 heterocycles. The van der Waals surface area contributed by atoms with Crippen molar-refractivity contribution in [2.24, 2.45) is 5.41 Å². The molecule has 0 atom stereocenters. The molecule has 0 radical (unpaired) electrons. The Bertz CT molecular complexity index is 227. The first-order valence-corrected chi connectivity index (χ1v) is 3.44. The first-order valence-electron chi connectivity index (χ1n) is 3.44. The lowest BCUT2D eigenvalue weighted by molar-refractivity contribution is -0.143. The molecule has 1 aliphatic carbocycles. The topological polar surface area (TPSA) is 55.8 Å². The van der Waals surface area contributed by atoms with Crippen LogP contribution in [0.25, 0.3) is 0 Å². The number of rotatable bonds is 2. The molecule has 0 saturated heterocycles. The summed E-state index contributed by atoms with van der Waals surface area (Å²) < 4.78 is 9.79. The minimum atomic E-state index is -0.811. The first-order chi connectivity index (χ1) is 5.26.